The van der Waals surface area contributed by atoms with Gasteiger partial charge in [0.15, 0.2) is 0 Å². The predicted octanol–water partition coefficient (Wildman–Crippen LogP) is 4.12. The molecule has 0 saturated carbocycles. The number of benzene rings is 2. The van der Waals surface area contributed by atoms with Crippen LogP contribution in [-0.4, -0.2) is 15.5 Å². The standard InChI is InChI=1S/C20H17F4N3O2/c1-10-4-5-13(8-14(10)21)25-17(28)9-27-16-7-12(3)11(2)6-15(16)26-18(19(27)29)20(22,23)24/h4-8H,9H2,1-3H3,(H,25,28). The summed E-state index contributed by atoms with van der Waals surface area (Å²) < 4.78 is 54.2. The third-order valence-electron chi connectivity index (χ3n) is 4.59. The highest BCUT2D eigenvalue weighted by atomic mass is 19.4. The summed E-state index contributed by atoms with van der Waals surface area (Å²) in [5.41, 5.74) is -1.02. The number of carbonyl (C=O) groups excluding carboxylic acids is 1. The quantitative estimate of drug-likeness (QED) is 0.665. The highest BCUT2D eigenvalue weighted by molar-refractivity contribution is 5.91. The SMILES string of the molecule is Cc1cc2nc(C(F)(F)F)c(=O)n(CC(=O)Nc3ccc(C)c(F)c3)c2cc1C. The molecule has 0 unspecified atom stereocenters. The number of fused-ring (bicyclic) bond motifs is 1. The minimum Gasteiger partial charge on any atom is -0.324 e. The summed E-state index contributed by atoms with van der Waals surface area (Å²) in [4.78, 5) is 28.3. The third kappa shape index (κ3) is 4.13. The fourth-order valence-corrected chi connectivity index (χ4v) is 2.85. The molecule has 1 heterocycles. The van der Waals surface area contributed by atoms with Crippen LogP contribution in [0.25, 0.3) is 11.0 Å². The van der Waals surface area contributed by atoms with Crippen LogP contribution in [0.15, 0.2) is 35.1 Å². The number of hydrogen-bond donors (Lipinski definition) is 1. The zero-order chi connectivity index (χ0) is 21.5. The van der Waals surface area contributed by atoms with Gasteiger partial charge in [-0.3, -0.25) is 14.2 Å². The lowest BCUT2D eigenvalue weighted by atomic mass is 10.1. The van der Waals surface area contributed by atoms with Gasteiger partial charge in [-0.2, -0.15) is 13.2 Å². The summed E-state index contributed by atoms with van der Waals surface area (Å²) in [6.45, 7) is 4.31. The molecule has 3 rings (SSSR count). The smallest absolute Gasteiger partial charge is 0.324 e. The summed E-state index contributed by atoms with van der Waals surface area (Å²) in [6.07, 6.45) is -4.97. The van der Waals surface area contributed by atoms with Gasteiger partial charge in [-0.05, 0) is 61.7 Å². The number of rotatable bonds is 3. The van der Waals surface area contributed by atoms with E-state index in [4.69, 9.17) is 0 Å². The van der Waals surface area contributed by atoms with Crippen molar-refractivity contribution in [2.45, 2.75) is 33.5 Å². The van der Waals surface area contributed by atoms with E-state index in [9.17, 15) is 27.2 Å². The summed E-state index contributed by atoms with van der Waals surface area (Å²) in [6, 6.07) is 6.95. The summed E-state index contributed by atoms with van der Waals surface area (Å²) in [5, 5.41) is 2.39. The number of amides is 1. The Morgan fingerprint density at radius 2 is 1.72 bits per heavy atom. The van der Waals surface area contributed by atoms with Crippen LogP contribution in [0.3, 0.4) is 0 Å². The lowest BCUT2D eigenvalue weighted by molar-refractivity contribution is -0.142. The van der Waals surface area contributed by atoms with Crippen molar-refractivity contribution in [2.75, 3.05) is 5.32 Å². The van der Waals surface area contributed by atoms with Crippen molar-refractivity contribution in [1.82, 2.24) is 9.55 Å². The summed E-state index contributed by atoms with van der Waals surface area (Å²) in [7, 11) is 0. The number of halogens is 4. The van der Waals surface area contributed by atoms with Crippen LogP contribution >= 0.6 is 0 Å². The fourth-order valence-electron chi connectivity index (χ4n) is 2.85. The Balaban J connectivity index is 2.08. The van der Waals surface area contributed by atoms with Crippen molar-refractivity contribution in [1.29, 1.82) is 0 Å². The highest BCUT2D eigenvalue weighted by Gasteiger charge is 2.37. The number of nitrogens with one attached hydrogen (secondary N) is 1. The lowest BCUT2D eigenvalue weighted by Gasteiger charge is -2.15. The molecule has 1 N–H and O–H groups in total. The molecule has 152 valence electrons. The molecule has 29 heavy (non-hydrogen) atoms. The number of aryl methyl sites for hydroxylation is 3. The first-order chi connectivity index (χ1) is 13.5. The molecule has 0 radical (unpaired) electrons. The molecule has 0 bridgehead atoms. The Kier molecular flexibility index (Phi) is 5.16. The molecule has 0 aliphatic heterocycles. The van der Waals surface area contributed by atoms with Crippen LogP contribution in [0.1, 0.15) is 22.4 Å². The Bertz CT molecular complexity index is 1180. The van der Waals surface area contributed by atoms with Crippen LogP contribution in [0.5, 0.6) is 0 Å². The maximum atomic E-state index is 13.7. The van der Waals surface area contributed by atoms with E-state index in [2.05, 4.69) is 10.3 Å². The first kappa shape index (κ1) is 20.5. The normalized spacial score (nSPS) is 11.7. The molecule has 3 aromatic rings. The second kappa shape index (κ2) is 7.31. The number of alkyl halides is 3. The van der Waals surface area contributed by atoms with Crippen molar-refractivity contribution >= 4 is 22.6 Å². The van der Waals surface area contributed by atoms with E-state index >= 15 is 0 Å². The van der Waals surface area contributed by atoms with Crippen LogP contribution in [0.4, 0.5) is 23.2 Å². The summed E-state index contributed by atoms with van der Waals surface area (Å²) >= 11 is 0. The second-order valence-corrected chi connectivity index (χ2v) is 6.79. The average Bonchev–Trinajstić information content (AvgIpc) is 2.61. The first-order valence-electron chi connectivity index (χ1n) is 8.62. The fraction of sp³-hybridized carbons (Fsp3) is 0.250. The zero-order valence-electron chi connectivity index (χ0n) is 15.8. The van der Waals surface area contributed by atoms with Crippen molar-refractivity contribution < 1.29 is 22.4 Å². The molecule has 0 aliphatic carbocycles. The zero-order valence-corrected chi connectivity index (χ0v) is 15.8. The third-order valence-corrected chi connectivity index (χ3v) is 4.59. The Labute approximate surface area is 163 Å². The number of anilines is 1. The Hall–Kier alpha value is -3.23. The topological polar surface area (TPSA) is 64.0 Å². The van der Waals surface area contributed by atoms with Crippen molar-refractivity contribution in [3.05, 3.63) is 68.9 Å². The van der Waals surface area contributed by atoms with Crippen molar-refractivity contribution in [2.24, 2.45) is 0 Å². The Morgan fingerprint density at radius 3 is 2.34 bits per heavy atom. The van der Waals surface area contributed by atoms with Gasteiger partial charge in [0.1, 0.15) is 12.4 Å². The monoisotopic (exact) mass is 407 g/mol. The van der Waals surface area contributed by atoms with Gasteiger partial charge in [0.05, 0.1) is 11.0 Å². The largest absolute Gasteiger partial charge is 0.438 e. The van der Waals surface area contributed by atoms with E-state index in [1.165, 1.54) is 24.3 Å². The van der Waals surface area contributed by atoms with Gasteiger partial charge >= 0.3 is 6.18 Å². The van der Waals surface area contributed by atoms with Gasteiger partial charge < -0.3 is 5.32 Å². The van der Waals surface area contributed by atoms with Crippen LogP contribution < -0.4 is 10.9 Å². The summed E-state index contributed by atoms with van der Waals surface area (Å²) in [5.74, 6) is -1.31. The molecule has 0 spiro atoms. The van der Waals surface area contributed by atoms with Gasteiger partial charge in [0.25, 0.3) is 5.56 Å². The second-order valence-electron chi connectivity index (χ2n) is 6.79. The van der Waals surface area contributed by atoms with Crippen molar-refractivity contribution in [3.8, 4) is 0 Å². The van der Waals surface area contributed by atoms with Crippen LogP contribution in [0, 0.1) is 26.6 Å². The molecule has 1 aromatic heterocycles. The van der Waals surface area contributed by atoms with E-state index in [0.29, 0.717) is 11.1 Å². The highest BCUT2D eigenvalue weighted by Crippen LogP contribution is 2.27. The molecular weight excluding hydrogens is 390 g/mol. The number of aromatic nitrogens is 2. The molecule has 5 nitrogen and oxygen atoms in total. The van der Waals surface area contributed by atoms with E-state index in [-0.39, 0.29) is 16.7 Å². The molecular formula is C20H17F4N3O2. The van der Waals surface area contributed by atoms with E-state index in [1.807, 2.05) is 0 Å². The van der Waals surface area contributed by atoms with Gasteiger partial charge in [-0.25, -0.2) is 9.37 Å². The molecule has 0 saturated heterocycles. The average molecular weight is 407 g/mol. The molecule has 0 atom stereocenters. The molecule has 0 fully saturated rings. The van der Waals surface area contributed by atoms with E-state index in [1.54, 1.807) is 20.8 Å². The first-order valence-corrected chi connectivity index (χ1v) is 8.62. The molecule has 9 heteroatoms. The maximum Gasteiger partial charge on any atom is 0.438 e. The van der Waals surface area contributed by atoms with Crippen LogP contribution in [0.2, 0.25) is 0 Å². The lowest BCUT2D eigenvalue weighted by Crippen LogP contribution is -2.34. The maximum absolute atomic E-state index is 13.7. The molecule has 1 amide bonds. The van der Waals surface area contributed by atoms with Gasteiger partial charge in [-0.1, -0.05) is 6.07 Å². The number of nitrogens with zero attached hydrogens (tertiary/aromatic N) is 2. The number of hydrogen-bond acceptors (Lipinski definition) is 3. The van der Waals surface area contributed by atoms with Gasteiger partial charge in [-0.15, -0.1) is 0 Å². The van der Waals surface area contributed by atoms with Gasteiger partial charge in [0.2, 0.25) is 11.6 Å². The molecule has 0 aliphatic rings. The van der Waals surface area contributed by atoms with Gasteiger partial charge in [0, 0.05) is 5.69 Å². The number of carbonyl (C=O) groups is 1. The van der Waals surface area contributed by atoms with Crippen LogP contribution in [-0.2, 0) is 17.5 Å². The van der Waals surface area contributed by atoms with E-state index in [0.717, 1.165) is 16.2 Å². The minimum absolute atomic E-state index is 0.0470. The van der Waals surface area contributed by atoms with Crippen molar-refractivity contribution in [3.63, 3.8) is 0 Å². The minimum atomic E-state index is -4.97. The Morgan fingerprint density at radius 1 is 1.07 bits per heavy atom. The predicted molar refractivity (Wildman–Crippen MR) is 100 cm³/mol. The van der Waals surface area contributed by atoms with E-state index < -0.39 is 35.7 Å². The molecule has 2 aromatic carbocycles.